The van der Waals surface area contributed by atoms with Crippen molar-refractivity contribution in [1.29, 1.82) is 0 Å². The van der Waals surface area contributed by atoms with Crippen LogP contribution in [-0.4, -0.2) is 17.4 Å². The molecule has 0 radical (unpaired) electrons. The fourth-order valence-electron chi connectivity index (χ4n) is 1.61. The molecule has 0 saturated carbocycles. The van der Waals surface area contributed by atoms with Crippen LogP contribution in [0.5, 0.6) is 5.75 Å². The van der Waals surface area contributed by atoms with E-state index in [1.165, 1.54) is 24.3 Å². The van der Waals surface area contributed by atoms with Gasteiger partial charge >= 0.3 is 0 Å². The standard InChI is InChI=1S/C14H10Cl2N2O4/c15-11-2-1-3-12(16)14(11)17-13(19)8-22-10-6-4-9(5-7-10)18(20)21/h1-7H,8H2,(H,17,19). The number of anilines is 1. The Balaban J connectivity index is 1.94. The van der Waals surface area contributed by atoms with E-state index < -0.39 is 10.8 Å². The molecule has 0 aliphatic heterocycles. The van der Waals surface area contributed by atoms with Crippen LogP contribution in [-0.2, 0) is 4.79 Å². The summed E-state index contributed by atoms with van der Waals surface area (Å²) in [5, 5.41) is 13.7. The van der Waals surface area contributed by atoms with Gasteiger partial charge in [-0.3, -0.25) is 14.9 Å². The van der Waals surface area contributed by atoms with Gasteiger partial charge in [-0.05, 0) is 24.3 Å². The van der Waals surface area contributed by atoms with Crippen LogP contribution in [0.4, 0.5) is 11.4 Å². The smallest absolute Gasteiger partial charge is 0.269 e. The summed E-state index contributed by atoms with van der Waals surface area (Å²) in [4.78, 5) is 21.8. The van der Waals surface area contributed by atoms with Gasteiger partial charge in [-0.2, -0.15) is 0 Å². The summed E-state index contributed by atoms with van der Waals surface area (Å²) >= 11 is 11.9. The highest BCUT2D eigenvalue weighted by atomic mass is 35.5. The summed E-state index contributed by atoms with van der Waals surface area (Å²) in [6.07, 6.45) is 0. The lowest BCUT2D eigenvalue weighted by Crippen LogP contribution is -2.20. The molecule has 0 spiro atoms. The van der Waals surface area contributed by atoms with Crippen molar-refractivity contribution >= 4 is 40.5 Å². The Morgan fingerprint density at radius 3 is 2.27 bits per heavy atom. The van der Waals surface area contributed by atoms with Crippen LogP contribution in [0.25, 0.3) is 0 Å². The van der Waals surface area contributed by atoms with E-state index >= 15 is 0 Å². The number of carbonyl (C=O) groups excluding carboxylic acids is 1. The maximum absolute atomic E-state index is 11.8. The van der Waals surface area contributed by atoms with E-state index in [0.29, 0.717) is 21.5 Å². The Morgan fingerprint density at radius 2 is 1.73 bits per heavy atom. The largest absolute Gasteiger partial charge is 0.484 e. The van der Waals surface area contributed by atoms with E-state index in [0.717, 1.165) is 0 Å². The number of carbonyl (C=O) groups is 1. The zero-order chi connectivity index (χ0) is 16.1. The summed E-state index contributed by atoms with van der Waals surface area (Å²) in [6, 6.07) is 10.3. The lowest BCUT2D eigenvalue weighted by Gasteiger charge is -2.10. The van der Waals surface area contributed by atoms with Crippen LogP contribution in [0.1, 0.15) is 0 Å². The molecule has 0 unspecified atom stereocenters. The zero-order valence-corrected chi connectivity index (χ0v) is 12.6. The Hall–Kier alpha value is -2.31. The van der Waals surface area contributed by atoms with E-state index in [2.05, 4.69) is 5.32 Å². The molecule has 0 aliphatic carbocycles. The molecule has 114 valence electrons. The van der Waals surface area contributed by atoms with Crippen LogP contribution in [0.15, 0.2) is 42.5 Å². The number of para-hydroxylation sites is 1. The van der Waals surface area contributed by atoms with Gasteiger partial charge in [0.1, 0.15) is 5.75 Å². The highest BCUT2D eigenvalue weighted by molar-refractivity contribution is 6.39. The number of nitro benzene ring substituents is 1. The Labute approximate surface area is 135 Å². The summed E-state index contributed by atoms with van der Waals surface area (Å²) in [7, 11) is 0. The fraction of sp³-hybridized carbons (Fsp3) is 0.0714. The number of rotatable bonds is 5. The van der Waals surface area contributed by atoms with Crippen LogP contribution in [0, 0.1) is 10.1 Å². The topological polar surface area (TPSA) is 81.5 Å². The van der Waals surface area contributed by atoms with Crippen LogP contribution < -0.4 is 10.1 Å². The monoisotopic (exact) mass is 340 g/mol. The molecule has 2 aromatic rings. The summed E-state index contributed by atoms with van der Waals surface area (Å²) in [5.74, 6) is -0.112. The van der Waals surface area contributed by atoms with Crippen molar-refractivity contribution in [2.75, 3.05) is 11.9 Å². The normalized spacial score (nSPS) is 10.1. The first-order valence-corrected chi connectivity index (χ1v) is 6.84. The molecule has 2 aromatic carbocycles. The predicted octanol–water partition coefficient (Wildman–Crippen LogP) is 3.92. The van der Waals surface area contributed by atoms with Gasteiger partial charge in [-0.15, -0.1) is 0 Å². The van der Waals surface area contributed by atoms with E-state index in [-0.39, 0.29) is 12.3 Å². The maximum Gasteiger partial charge on any atom is 0.269 e. The highest BCUT2D eigenvalue weighted by Gasteiger charge is 2.10. The average Bonchev–Trinajstić information content (AvgIpc) is 2.49. The number of hydrogen-bond donors (Lipinski definition) is 1. The number of hydrogen-bond acceptors (Lipinski definition) is 4. The second-order valence-corrected chi connectivity index (χ2v) is 5.00. The fourth-order valence-corrected chi connectivity index (χ4v) is 2.10. The molecule has 0 saturated heterocycles. The Morgan fingerprint density at radius 1 is 1.14 bits per heavy atom. The number of nitro groups is 1. The van der Waals surface area contributed by atoms with Gasteiger partial charge in [0.05, 0.1) is 20.7 Å². The molecule has 0 atom stereocenters. The van der Waals surface area contributed by atoms with Crippen LogP contribution in [0.3, 0.4) is 0 Å². The molecule has 0 heterocycles. The zero-order valence-electron chi connectivity index (χ0n) is 11.1. The van der Waals surface area contributed by atoms with Gasteiger partial charge in [0, 0.05) is 12.1 Å². The molecule has 6 nitrogen and oxygen atoms in total. The minimum Gasteiger partial charge on any atom is -0.484 e. The highest BCUT2D eigenvalue weighted by Crippen LogP contribution is 2.29. The van der Waals surface area contributed by atoms with E-state index in [1.807, 2.05) is 0 Å². The van der Waals surface area contributed by atoms with Crippen molar-refractivity contribution in [3.05, 3.63) is 62.6 Å². The van der Waals surface area contributed by atoms with Gasteiger partial charge < -0.3 is 10.1 Å². The lowest BCUT2D eigenvalue weighted by molar-refractivity contribution is -0.384. The molecule has 22 heavy (non-hydrogen) atoms. The van der Waals surface area contributed by atoms with Crippen molar-refractivity contribution in [1.82, 2.24) is 0 Å². The minimum atomic E-state index is -0.518. The third-order valence-corrected chi connectivity index (χ3v) is 3.27. The summed E-state index contributed by atoms with van der Waals surface area (Å²) < 4.78 is 5.23. The van der Waals surface area contributed by atoms with Crippen molar-refractivity contribution in [2.45, 2.75) is 0 Å². The van der Waals surface area contributed by atoms with E-state index in [1.54, 1.807) is 18.2 Å². The van der Waals surface area contributed by atoms with Gasteiger partial charge in [-0.1, -0.05) is 29.3 Å². The van der Waals surface area contributed by atoms with Gasteiger partial charge in [0.15, 0.2) is 6.61 Å². The molecule has 1 N–H and O–H groups in total. The van der Waals surface area contributed by atoms with Crippen molar-refractivity contribution < 1.29 is 14.5 Å². The van der Waals surface area contributed by atoms with E-state index in [9.17, 15) is 14.9 Å². The second-order valence-electron chi connectivity index (χ2n) is 4.18. The number of non-ortho nitro benzene ring substituents is 1. The lowest BCUT2D eigenvalue weighted by atomic mass is 10.3. The van der Waals surface area contributed by atoms with E-state index in [4.69, 9.17) is 27.9 Å². The van der Waals surface area contributed by atoms with Crippen LogP contribution >= 0.6 is 23.2 Å². The summed E-state index contributed by atoms with van der Waals surface area (Å²) in [6.45, 7) is -0.278. The summed E-state index contributed by atoms with van der Waals surface area (Å²) in [5.41, 5.74) is 0.253. The first-order chi connectivity index (χ1) is 10.5. The number of amides is 1. The average molecular weight is 341 g/mol. The first kappa shape index (κ1) is 16.1. The number of halogens is 2. The molecule has 0 aliphatic rings. The number of nitrogens with zero attached hydrogens (tertiary/aromatic N) is 1. The Kier molecular flexibility index (Phi) is 5.19. The van der Waals surface area contributed by atoms with Crippen molar-refractivity contribution in [2.24, 2.45) is 0 Å². The number of benzene rings is 2. The van der Waals surface area contributed by atoms with Crippen molar-refractivity contribution in [3.8, 4) is 5.75 Å². The van der Waals surface area contributed by atoms with Crippen LogP contribution in [0.2, 0.25) is 10.0 Å². The van der Waals surface area contributed by atoms with Gasteiger partial charge in [-0.25, -0.2) is 0 Å². The van der Waals surface area contributed by atoms with Gasteiger partial charge in [0.25, 0.3) is 11.6 Å². The molecule has 2 rings (SSSR count). The molecular formula is C14H10Cl2N2O4. The molecular weight excluding hydrogens is 331 g/mol. The SMILES string of the molecule is O=C(COc1ccc([N+](=O)[O-])cc1)Nc1c(Cl)cccc1Cl. The maximum atomic E-state index is 11.8. The molecule has 8 heteroatoms. The van der Waals surface area contributed by atoms with Gasteiger partial charge in [0.2, 0.25) is 0 Å². The molecule has 0 fully saturated rings. The number of nitrogens with one attached hydrogen (secondary N) is 1. The molecule has 0 bridgehead atoms. The third kappa shape index (κ3) is 4.09. The third-order valence-electron chi connectivity index (χ3n) is 2.64. The minimum absolute atomic E-state index is 0.0559. The number of ether oxygens (including phenoxy) is 1. The Bertz CT molecular complexity index is 684. The predicted molar refractivity (Wildman–Crippen MR) is 83.7 cm³/mol. The second kappa shape index (κ2) is 7.11. The van der Waals surface area contributed by atoms with Crippen molar-refractivity contribution in [3.63, 3.8) is 0 Å². The molecule has 0 aromatic heterocycles. The first-order valence-electron chi connectivity index (χ1n) is 6.08. The quantitative estimate of drug-likeness (QED) is 0.660. The molecule has 1 amide bonds.